The highest BCUT2D eigenvalue weighted by atomic mass is 16.2. The molecule has 0 saturated carbocycles. The number of para-hydroxylation sites is 1. The molecule has 0 saturated heterocycles. The molecule has 1 unspecified atom stereocenters. The van der Waals surface area contributed by atoms with Crippen LogP contribution in [-0.4, -0.2) is 22.9 Å². The van der Waals surface area contributed by atoms with Crippen LogP contribution in [0.3, 0.4) is 0 Å². The van der Waals surface area contributed by atoms with Crippen LogP contribution >= 0.6 is 0 Å². The molecule has 0 aliphatic carbocycles. The quantitative estimate of drug-likeness (QED) is 0.588. The summed E-state index contributed by atoms with van der Waals surface area (Å²) < 4.78 is 2.20. The highest BCUT2D eigenvalue weighted by Crippen LogP contribution is 2.18. The monoisotopic (exact) mass is 377 g/mol. The number of benzene rings is 2. The Morgan fingerprint density at radius 2 is 1.79 bits per heavy atom. The normalized spacial score (nSPS) is 11.9. The fourth-order valence-electron chi connectivity index (χ4n) is 3.37. The van der Waals surface area contributed by atoms with Crippen molar-refractivity contribution in [1.29, 1.82) is 0 Å². The molecule has 28 heavy (non-hydrogen) atoms. The summed E-state index contributed by atoms with van der Waals surface area (Å²) in [5.74, 6) is -0.199. The summed E-state index contributed by atoms with van der Waals surface area (Å²) in [6, 6.07) is 18.0. The molecule has 5 nitrogen and oxygen atoms in total. The molecule has 0 aliphatic heterocycles. The van der Waals surface area contributed by atoms with Gasteiger partial charge in [-0.3, -0.25) is 9.59 Å². The number of amides is 2. The molecule has 3 rings (SSSR count). The molecule has 3 aromatic rings. The van der Waals surface area contributed by atoms with Crippen LogP contribution in [0.2, 0.25) is 0 Å². The van der Waals surface area contributed by atoms with Gasteiger partial charge in [0.15, 0.2) is 0 Å². The van der Waals surface area contributed by atoms with Gasteiger partial charge in [0.1, 0.15) is 0 Å². The maximum atomic E-state index is 12.4. The van der Waals surface area contributed by atoms with Gasteiger partial charge in [-0.25, -0.2) is 0 Å². The first-order valence-electron chi connectivity index (χ1n) is 9.67. The van der Waals surface area contributed by atoms with Gasteiger partial charge >= 0.3 is 0 Å². The second kappa shape index (κ2) is 9.22. The lowest BCUT2D eigenvalue weighted by Gasteiger charge is -2.18. The van der Waals surface area contributed by atoms with Crippen molar-refractivity contribution < 1.29 is 9.59 Å². The zero-order valence-electron chi connectivity index (χ0n) is 16.4. The molecular formula is C23H27N3O2. The smallest absolute Gasteiger partial charge is 0.222 e. The number of aromatic nitrogens is 1. The van der Waals surface area contributed by atoms with Gasteiger partial charge in [0.25, 0.3) is 0 Å². The van der Waals surface area contributed by atoms with Gasteiger partial charge in [0.05, 0.1) is 12.5 Å². The van der Waals surface area contributed by atoms with Crippen molar-refractivity contribution in [3.63, 3.8) is 0 Å². The summed E-state index contributed by atoms with van der Waals surface area (Å²) in [4.78, 5) is 23.9. The van der Waals surface area contributed by atoms with Gasteiger partial charge in [-0.1, -0.05) is 48.0 Å². The molecule has 0 fully saturated rings. The Labute approximate surface area is 165 Å². The fraction of sp³-hybridized carbons (Fsp3) is 0.304. The third-order valence-corrected chi connectivity index (χ3v) is 4.82. The Hall–Kier alpha value is -3.08. The topological polar surface area (TPSA) is 63.1 Å². The molecule has 1 heterocycles. The Bertz CT molecular complexity index is 944. The van der Waals surface area contributed by atoms with Crippen molar-refractivity contribution >= 4 is 22.7 Å². The van der Waals surface area contributed by atoms with E-state index in [1.165, 1.54) is 17.8 Å². The van der Waals surface area contributed by atoms with E-state index >= 15 is 0 Å². The number of nitrogens with one attached hydrogen (secondary N) is 2. The van der Waals surface area contributed by atoms with E-state index in [1.807, 2.05) is 43.3 Å². The standard InChI is InChI=1S/C23H27N3O2/c1-17-8-10-19(11-9-17)21(25-18(2)27)16-23(28)24-13-5-14-26-15-12-20-6-3-4-7-22(20)26/h3-4,6-12,15,21H,5,13-14,16H2,1-2H3,(H,24,28)(H,25,27). The van der Waals surface area contributed by atoms with Gasteiger partial charge in [0.2, 0.25) is 11.8 Å². The average Bonchev–Trinajstić information content (AvgIpc) is 3.08. The second-order valence-electron chi connectivity index (χ2n) is 7.14. The molecule has 0 bridgehead atoms. The molecule has 1 atom stereocenters. The lowest BCUT2D eigenvalue weighted by Crippen LogP contribution is -2.33. The first-order chi connectivity index (χ1) is 13.5. The van der Waals surface area contributed by atoms with Crippen LogP contribution < -0.4 is 10.6 Å². The van der Waals surface area contributed by atoms with Crippen LogP contribution in [0.25, 0.3) is 10.9 Å². The molecule has 0 aliphatic rings. The van der Waals surface area contributed by atoms with Crippen molar-refractivity contribution in [3.05, 3.63) is 71.9 Å². The Morgan fingerprint density at radius 1 is 1.04 bits per heavy atom. The number of hydrogen-bond donors (Lipinski definition) is 2. The molecule has 0 spiro atoms. The lowest BCUT2D eigenvalue weighted by molar-refractivity contribution is -0.122. The van der Waals surface area contributed by atoms with Gasteiger partial charge in [0, 0.05) is 31.7 Å². The molecule has 0 radical (unpaired) electrons. The molecule has 2 amide bonds. The SMILES string of the molecule is CC(=O)NC(CC(=O)NCCCn1ccc2ccccc21)c1ccc(C)cc1. The Kier molecular flexibility index (Phi) is 6.48. The predicted molar refractivity (Wildman–Crippen MR) is 112 cm³/mol. The van der Waals surface area contributed by atoms with E-state index in [0.29, 0.717) is 6.54 Å². The minimum absolute atomic E-state index is 0.0586. The van der Waals surface area contributed by atoms with Crippen LogP contribution in [-0.2, 0) is 16.1 Å². The number of hydrogen-bond acceptors (Lipinski definition) is 2. The maximum absolute atomic E-state index is 12.4. The summed E-state index contributed by atoms with van der Waals surface area (Å²) in [5, 5.41) is 7.07. The largest absolute Gasteiger partial charge is 0.356 e. The summed E-state index contributed by atoms with van der Waals surface area (Å²) in [5.41, 5.74) is 3.29. The summed E-state index contributed by atoms with van der Waals surface area (Å²) in [6.45, 7) is 4.94. The van der Waals surface area contributed by atoms with Gasteiger partial charge < -0.3 is 15.2 Å². The molecule has 2 aromatic carbocycles. The molecule has 1 aromatic heterocycles. The van der Waals surface area contributed by atoms with Crippen LogP contribution in [0, 0.1) is 6.92 Å². The van der Waals surface area contributed by atoms with E-state index < -0.39 is 0 Å². The van der Waals surface area contributed by atoms with Crippen molar-refractivity contribution in [2.24, 2.45) is 0 Å². The van der Waals surface area contributed by atoms with Gasteiger partial charge in [-0.05, 0) is 36.4 Å². The van der Waals surface area contributed by atoms with Crippen molar-refractivity contribution in [2.45, 2.75) is 39.3 Å². The Balaban J connectivity index is 1.50. The second-order valence-corrected chi connectivity index (χ2v) is 7.14. The summed E-state index contributed by atoms with van der Waals surface area (Å²) in [7, 11) is 0. The van der Waals surface area contributed by atoms with Gasteiger partial charge in [-0.15, -0.1) is 0 Å². The summed E-state index contributed by atoms with van der Waals surface area (Å²) >= 11 is 0. The average molecular weight is 377 g/mol. The number of rotatable bonds is 8. The highest BCUT2D eigenvalue weighted by molar-refractivity contribution is 5.80. The van der Waals surface area contributed by atoms with Gasteiger partial charge in [-0.2, -0.15) is 0 Å². The first kappa shape index (κ1) is 19.7. The first-order valence-corrected chi connectivity index (χ1v) is 9.67. The van der Waals surface area contributed by atoms with E-state index in [-0.39, 0.29) is 24.3 Å². The lowest BCUT2D eigenvalue weighted by atomic mass is 10.0. The molecule has 2 N–H and O–H groups in total. The fourth-order valence-corrected chi connectivity index (χ4v) is 3.37. The van der Waals surface area contributed by atoms with Crippen LogP contribution in [0.1, 0.15) is 36.9 Å². The number of carbonyl (C=O) groups is 2. The number of carbonyl (C=O) groups excluding carboxylic acids is 2. The third kappa shape index (κ3) is 5.22. The predicted octanol–water partition coefficient (Wildman–Crippen LogP) is 3.72. The number of aryl methyl sites for hydroxylation is 2. The number of nitrogens with zero attached hydrogens (tertiary/aromatic N) is 1. The van der Waals surface area contributed by atoms with Crippen molar-refractivity contribution in [2.75, 3.05) is 6.54 Å². The minimum Gasteiger partial charge on any atom is -0.356 e. The Morgan fingerprint density at radius 3 is 2.54 bits per heavy atom. The highest BCUT2D eigenvalue weighted by Gasteiger charge is 2.16. The van der Waals surface area contributed by atoms with E-state index in [1.54, 1.807) is 0 Å². The molecule has 146 valence electrons. The van der Waals surface area contributed by atoms with E-state index in [2.05, 4.69) is 39.6 Å². The van der Waals surface area contributed by atoms with Crippen LogP contribution in [0.15, 0.2) is 60.8 Å². The molecular weight excluding hydrogens is 350 g/mol. The van der Waals surface area contributed by atoms with E-state index in [9.17, 15) is 9.59 Å². The van der Waals surface area contributed by atoms with E-state index in [4.69, 9.17) is 0 Å². The van der Waals surface area contributed by atoms with Crippen molar-refractivity contribution in [1.82, 2.24) is 15.2 Å². The van der Waals surface area contributed by atoms with E-state index in [0.717, 1.165) is 24.1 Å². The third-order valence-electron chi connectivity index (χ3n) is 4.82. The van der Waals surface area contributed by atoms with Crippen molar-refractivity contribution in [3.8, 4) is 0 Å². The zero-order chi connectivity index (χ0) is 19.9. The molecule has 5 heteroatoms. The summed E-state index contributed by atoms with van der Waals surface area (Å²) in [6.07, 6.45) is 3.16. The minimum atomic E-state index is -0.313. The zero-order valence-corrected chi connectivity index (χ0v) is 16.4. The van der Waals surface area contributed by atoms with Crippen LogP contribution in [0.4, 0.5) is 0 Å². The number of fused-ring (bicyclic) bond motifs is 1. The van der Waals surface area contributed by atoms with Crippen LogP contribution in [0.5, 0.6) is 0 Å². The maximum Gasteiger partial charge on any atom is 0.222 e.